The maximum absolute atomic E-state index is 11.8. The van der Waals surface area contributed by atoms with Crippen LogP contribution in [0.25, 0.3) is 5.65 Å². The van der Waals surface area contributed by atoms with E-state index in [-0.39, 0.29) is 5.56 Å². The molecule has 2 heterocycles. The van der Waals surface area contributed by atoms with Gasteiger partial charge in [-0.2, -0.15) is 4.98 Å². The first-order valence-corrected chi connectivity index (χ1v) is 6.60. The van der Waals surface area contributed by atoms with Crippen LogP contribution >= 0.6 is 0 Å². The van der Waals surface area contributed by atoms with E-state index in [2.05, 4.69) is 16.8 Å². The van der Waals surface area contributed by atoms with Gasteiger partial charge >= 0.3 is 0 Å². The molecule has 0 unspecified atom stereocenters. The molecular weight excluding hydrogens is 250 g/mol. The lowest BCUT2D eigenvalue weighted by Gasteiger charge is -2.24. The molecule has 3 rings (SSSR count). The third-order valence-corrected chi connectivity index (χ3v) is 3.22. The van der Waals surface area contributed by atoms with Crippen LogP contribution in [0, 0.1) is 0 Å². The predicted molar refractivity (Wildman–Crippen MR) is 80.6 cm³/mol. The van der Waals surface area contributed by atoms with E-state index in [4.69, 9.17) is 0 Å². The second-order valence-electron chi connectivity index (χ2n) is 4.46. The minimum Gasteiger partial charge on any atom is -0.328 e. The molecule has 0 bridgehead atoms. The van der Waals surface area contributed by atoms with Gasteiger partial charge in [-0.1, -0.05) is 24.3 Å². The molecule has 0 aliphatic heterocycles. The Kier molecular flexibility index (Phi) is 3.21. The average Bonchev–Trinajstić information content (AvgIpc) is 2.49. The van der Waals surface area contributed by atoms with E-state index in [0.717, 1.165) is 18.1 Å². The lowest BCUT2D eigenvalue weighted by molar-refractivity contribution is 0.943. The van der Waals surface area contributed by atoms with E-state index in [1.807, 2.05) is 59.1 Å². The number of nitrogens with zero attached hydrogens (tertiary/aromatic N) is 3. The molecule has 0 spiro atoms. The van der Waals surface area contributed by atoms with Crippen molar-refractivity contribution in [1.82, 2.24) is 9.38 Å². The Morgan fingerprint density at radius 1 is 1.10 bits per heavy atom. The smallest absolute Gasteiger partial charge is 0.275 e. The van der Waals surface area contributed by atoms with E-state index >= 15 is 0 Å². The Hall–Kier alpha value is -2.62. The van der Waals surface area contributed by atoms with Crippen molar-refractivity contribution < 1.29 is 0 Å². The molecule has 0 amide bonds. The van der Waals surface area contributed by atoms with Crippen LogP contribution in [0.5, 0.6) is 0 Å². The predicted octanol–water partition coefficient (Wildman–Crippen LogP) is 2.85. The van der Waals surface area contributed by atoms with Crippen molar-refractivity contribution >= 4 is 17.2 Å². The number of aromatic nitrogens is 2. The highest BCUT2D eigenvalue weighted by Crippen LogP contribution is 2.23. The van der Waals surface area contributed by atoms with E-state index in [1.54, 1.807) is 6.07 Å². The second kappa shape index (κ2) is 5.17. The van der Waals surface area contributed by atoms with Gasteiger partial charge in [0.2, 0.25) is 0 Å². The first kappa shape index (κ1) is 12.4. The molecule has 0 saturated carbocycles. The Bertz CT molecular complexity index is 780. The molecule has 0 N–H and O–H groups in total. The van der Waals surface area contributed by atoms with Crippen molar-refractivity contribution in [3.8, 4) is 0 Å². The highest BCUT2D eigenvalue weighted by molar-refractivity contribution is 5.62. The largest absolute Gasteiger partial charge is 0.328 e. The van der Waals surface area contributed by atoms with Crippen molar-refractivity contribution in [2.45, 2.75) is 6.92 Å². The number of rotatable bonds is 3. The zero-order valence-electron chi connectivity index (χ0n) is 11.2. The summed E-state index contributed by atoms with van der Waals surface area (Å²) in [7, 11) is 0. The molecule has 0 atom stereocenters. The molecule has 2 aromatic heterocycles. The molecule has 0 saturated heterocycles. The molecule has 100 valence electrons. The van der Waals surface area contributed by atoms with Gasteiger partial charge in [0.25, 0.3) is 5.56 Å². The summed E-state index contributed by atoms with van der Waals surface area (Å²) < 4.78 is 1.93. The molecule has 20 heavy (non-hydrogen) atoms. The fraction of sp³-hybridized carbons (Fsp3) is 0.125. The maximum Gasteiger partial charge on any atom is 0.275 e. The topological polar surface area (TPSA) is 37.6 Å². The van der Waals surface area contributed by atoms with Crippen molar-refractivity contribution in [2.24, 2.45) is 0 Å². The summed E-state index contributed by atoms with van der Waals surface area (Å²) in [5.74, 6) is 0.828. The molecule has 3 aromatic rings. The van der Waals surface area contributed by atoms with E-state index in [1.165, 1.54) is 0 Å². The average molecular weight is 265 g/mol. The monoisotopic (exact) mass is 265 g/mol. The summed E-state index contributed by atoms with van der Waals surface area (Å²) in [6, 6.07) is 17.2. The van der Waals surface area contributed by atoms with E-state index in [0.29, 0.717) is 5.65 Å². The van der Waals surface area contributed by atoms with Gasteiger partial charge in [-0.25, -0.2) is 0 Å². The maximum atomic E-state index is 11.8. The Labute approximate surface area is 116 Å². The minimum atomic E-state index is -0.222. The van der Waals surface area contributed by atoms with Gasteiger partial charge in [0.1, 0.15) is 11.5 Å². The van der Waals surface area contributed by atoms with Gasteiger partial charge in [-0.05, 0) is 31.2 Å². The van der Waals surface area contributed by atoms with Crippen molar-refractivity contribution in [3.05, 3.63) is 71.1 Å². The Balaban J connectivity index is 2.24. The fourth-order valence-corrected chi connectivity index (χ4v) is 2.34. The number of benzene rings is 1. The van der Waals surface area contributed by atoms with Crippen molar-refractivity contribution in [3.63, 3.8) is 0 Å². The zero-order chi connectivity index (χ0) is 13.9. The summed E-state index contributed by atoms with van der Waals surface area (Å²) in [6.07, 6.45) is 1.92. The Morgan fingerprint density at radius 2 is 1.85 bits per heavy atom. The number of hydrogen-bond acceptors (Lipinski definition) is 3. The highest BCUT2D eigenvalue weighted by atomic mass is 16.1. The molecule has 0 radical (unpaired) electrons. The van der Waals surface area contributed by atoms with Crippen molar-refractivity contribution in [2.75, 3.05) is 11.4 Å². The highest BCUT2D eigenvalue weighted by Gasteiger charge is 2.11. The van der Waals surface area contributed by atoms with E-state index in [9.17, 15) is 4.79 Å². The zero-order valence-corrected chi connectivity index (χ0v) is 11.2. The first-order chi connectivity index (χ1) is 9.79. The van der Waals surface area contributed by atoms with Crippen LogP contribution in [0.2, 0.25) is 0 Å². The molecule has 0 aliphatic carbocycles. The molecular formula is C16H15N3O. The number of para-hydroxylation sites is 1. The third kappa shape index (κ3) is 2.16. The summed E-state index contributed by atoms with van der Waals surface area (Å²) in [6.45, 7) is 2.83. The summed E-state index contributed by atoms with van der Waals surface area (Å²) in [4.78, 5) is 17.9. The number of hydrogen-bond donors (Lipinski definition) is 0. The second-order valence-corrected chi connectivity index (χ2v) is 4.46. The molecule has 4 heteroatoms. The summed E-state index contributed by atoms with van der Waals surface area (Å²) >= 11 is 0. The van der Waals surface area contributed by atoms with Gasteiger partial charge in [0.15, 0.2) is 0 Å². The van der Waals surface area contributed by atoms with Crippen LogP contribution in [0.3, 0.4) is 0 Å². The van der Waals surface area contributed by atoms with Crippen LogP contribution in [0.15, 0.2) is 65.6 Å². The quantitative estimate of drug-likeness (QED) is 0.730. The van der Waals surface area contributed by atoms with Crippen LogP contribution in [0.4, 0.5) is 11.5 Å². The van der Waals surface area contributed by atoms with Gasteiger partial charge in [-0.15, -0.1) is 0 Å². The van der Waals surface area contributed by atoms with Crippen LogP contribution < -0.4 is 10.5 Å². The third-order valence-electron chi connectivity index (χ3n) is 3.22. The molecule has 0 aliphatic rings. The fourth-order valence-electron chi connectivity index (χ4n) is 2.34. The molecule has 1 aromatic carbocycles. The Morgan fingerprint density at radius 3 is 2.60 bits per heavy atom. The van der Waals surface area contributed by atoms with Gasteiger partial charge in [0, 0.05) is 24.5 Å². The standard InChI is InChI=1S/C16H15N3O/c1-2-18(13-8-4-3-5-9-13)16-12-15(20)17-14-10-6-7-11-19(14)16/h3-12H,2H2,1H3. The normalized spacial score (nSPS) is 10.7. The molecule has 0 fully saturated rings. The van der Waals surface area contributed by atoms with Crippen molar-refractivity contribution in [1.29, 1.82) is 0 Å². The van der Waals surface area contributed by atoms with E-state index < -0.39 is 0 Å². The van der Waals surface area contributed by atoms with Gasteiger partial charge in [0.05, 0.1) is 0 Å². The van der Waals surface area contributed by atoms with Crippen LogP contribution in [-0.4, -0.2) is 15.9 Å². The lowest BCUT2D eigenvalue weighted by Crippen LogP contribution is -2.22. The van der Waals surface area contributed by atoms with Gasteiger partial charge in [-0.3, -0.25) is 9.20 Å². The van der Waals surface area contributed by atoms with Gasteiger partial charge < -0.3 is 4.90 Å². The minimum absolute atomic E-state index is 0.222. The summed E-state index contributed by atoms with van der Waals surface area (Å²) in [5.41, 5.74) is 1.49. The first-order valence-electron chi connectivity index (χ1n) is 6.60. The van der Waals surface area contributed by atoms with Crippen LogP contribution in [0.1, 0.15) is 6.92 Å². The number of anilines is 2. The SMILES string of the molecule is CCN(c1ccccc1)c1cc(=O)nc2ccccn12. The molecule has 4 nitrogen and oxygen atoms in total. The number of fused-ring (bicyclic) bond motifs is 1. The lowest BCUT2D eigenvalue weighted by atomic mass is 10.3. The number of pyridine rings is 1. The summed E-state index contributed by atoms with van der Waals surface area (Å²) in [5, 5.41) is 0. The van der Waals surface area contributed by atoms with Crippen LogP contribution in [-0.2, 0) is 0 Å².